The molecule has 0 aromatic heterocycles. The summed E-state index contributed by atoms with van der Waals surface area (Å²) in [6.45, 7) is 5.01. The maximum absolute atomic E-state index is 14.3. The van der Waals surface area contributed by atoms with Gasteiger partial charge < -0.3 is 20.5 Å². The number of aryl methyl sites for hydroxylation is 1. The number of carbonyl (C=O) groups excluding carboxylic acids is 1. The Labute approximate surface area is 222 Å². The fourth-order valence-corrected chi connectivity index (χ4v) is 4.16. The van der Waals surface area contributed by atoms with Gasteiger partial charge in [0.15, 0.2) is 11.6 Å². The van der Waals surface area contributed by atoms with Crippen LogP contribution >= 0.6 is 0 Å². The van der Waals surface area contributed by atoms with E-state index in [1.807, 2.05) is 25.1 Å². The van der Waals surface area contributed by atoms with Crippen LogP contribution in [0.1, 0.15) is 42.5 Å². The van der Waals surface area contributed by atoms with Crippen molar-refractivity contribution in [3.8, 4) is 5.75 Å². The van der Waals surface area contributed by atoms with E-state index in [0.29, 0.717) is 24.3 Å². The second-order valence-electron chi connectivity index (χ2n) is 9.32. The molecule has 0 aliphatic carbocycles. The molecule has 3 N–H and O–H groups in total. The van der Waals surface area contributed by atoms with Crippen molar-refractivity contribution < 1.29 is 27.8 Å². The first-order chi connectivity index (χ1) is 18.3. The normalized spacial score (nSPS) is 12.7. The van der Waals surface area contributed by atoms with Crippen molar-refractivity contribution in [3.05, 3.63) is 100 Å². The van der Waals surface area contributed by atoms with E-state index in [4.69, 9.17) is 4.74 Å². The van der Waals surface area contributed by atoms with Crippen molar-refractivity contribution >= 4 is 5.91 Å². The van der Waals surface area contributed by atoms with Crippen molar-refractivity contribution in [3.63, 3.8) is 0 Å². The molecule has 0 aliphatic heterocycles. The van der Waals surface area contributed by atoms with Crippen LogP contribution in [0.15, 0.2) is 60.7 Å². The van der Waals surface area contributed by atoms with Gasteiger partial charge in [-0.25, -0.2) is 13.2 Å². The monoisotopic (exact) mass is 528 g/mol. The van der Waals surface area contributed by atoms with Crippen LogP contribution in [0.2, 0.25) is 0 Å². The number of ether oxygens (including phenoxy) is 1. The predicted octanol–water partition coefficient (Wildman–Crippen LogP) is 4.88. The highest BCUT2D eigenvalue weighted by atomic mass is 19.1. The van der Waals surface area contributed by atoms with Gasteiger partial charge in [0, 0.05) is 19.2 Å². The minimum Gasteiger partial charge on any atom is -0.491 e. The van der Waals surface area contributed by atoms with E-state index in [2.05, 4.69) is 23.6 Å². The number of aliphatic hydroxyl groups is 1. The first kappa shape index (κ1) is 29.2. The van der Waals surface area contributed by atoms with Gasteiger partial charge in [0.25, 0.3) is 0 Å². The molecule has 0 aliphatic rings. The number of amides is 1. The Hall–Kier alpha value is -3.36. The molecule has 1 amide bonds. The maximum Gasteiger partial charge on any atom is 0.224 e. The van der Waals surface area contributed by atoms with Crippen LogP contribution in [-0.2, 0) is 30.6 Å². The van der Waals surface area contributed by atoms with Gasteiger partial charge in [0.2, 0.25) is 5.91 Å². The van der Waals surface area contributed by atoms with Gasteiger partial charge in [-0.2, -0.15) is 0 Å². The number of rotatable bonds is 14. The molecule has 0 heterocycles. The zero-order valence-electron chi connectivity index (χ0n) is 21.8. The molecule has 3 rings (SSSR count). The zero-order chi connectivity index (χ0) is 27.5. The topological polar surface area (TPSA) is 70.6 Å². The number of aliphatic hydroxyl groups excluding tert-OH is 1. The van der Waals surface area contributed by atoms with Crippen molar-refractivity contribution in [2.45, 2.75) is 58.2 Å². The Bertz CT molecular complexity index is 1180. The van der Waals surface area contributed by atoms with Crippen LogP contribution in [0, 0.1) is 17.5 Å². The lowest BCUT2D eigenvalue weighted by Gasteiger charge is -2.25. The first-order valence-corrected chi connectivity index (χ1v) is 12.9. The summed E-state index contributed by atoms with van der Waals surface area (Å²) >= 11 is 0. The smallest absolute Gasteiger partial charge is 0.224 e. The fraction of sp³-hybridized carbons (Fsp3) is 0.367. The SMILES string of the molecule is CCCOc1ccc(CC(=O)N[C@@H](Cc2cc(F)cc(F)c2)[C@H](O)CNCc2cccc(CC)c2)cc1F. The summed E-state index contributed by atoms with van der Waals surface area (Å²) in [5.74, 6) is -2.38. The van der Waals surface area contributed by atoms with Crippen molar-refractivity contribution in [2.75, 3.05) is 13.2 Å². The molecule has 204 valence electrons. The lowest BCUT2D eigenvalue weighted by atomic mass is 10.00. The molecular formula is C30H35F3N2O3. The van der Waals surface area contributed by atoms with E-state index in [1.165, 1.54) is 29.8 Å². The van der Waals surface area contributed by atoms with Crippen LogP contribution in [0.4, 0.5) is 13.2 Å². The second-order valence-corrected chi connectivity index (χ2v) is 9.32. The van der Waals surface area contributed by atoms with E-state index >= 15 is 0 Å². The Morgan fingerprint density at radius 2 is 1.66 bits per heavy atom. The lowest BCUT2D eigenvalue weighted by molar-refractivity contribution is -0.122. The van der Waals surface area contributed by atoms with Crippen LogP contribution in [0.25, 0.3) is 0 Å². The summed E-state index contributed by atoms with van der Waals surface area (Å²) in [6.07, 6.45) is 0.465. The summed E-state index contributed by atoms with van der Waals surface area (Å²) in [5.41, 5.74) is 2.98. The molecule has 0 radical (unpaired) electrons. The van der Waals surface area contributed by atoms with E-state index in [1.54, 1.807) is 6.07 Å². The Balaban J connectivity index is 1.67. The molecule has 0 bridgehead atoms. The number of hydrogen-bond acceptors (Lipinski definition) is 4. The number of nitrogens with one attached hydrogen (secondary N) is 2. The second kappa shape index (κ2) is 14.5. The van der Waals surface area contributed by atoms with Crippen molar-refractivity contribution in [2.24, 2.45) is 0 Å². The van der Waals surface area contributed by atoms with Gasteiger partial charge in [0.1, 0.15) is 11.6 Å². The summed E-state index contributed by atoms with van der Waals surface area (Å²) in [6, 6.07) is 14.7. The molecule has 8 heteroatoms. The van der Waals surface area contributed by atoms with E-state index in [9.17, 15) is 23.1 Å². The standard InChI is InChI=1S/C30H35F3N2O3/c1-3-10-38-29-9-8-21(14-26(29)33)16-30(37)35-27(15-23-12-24(31)17-25(32)13-23)28(36)19-34-18-22-7-5-6-20(4-2)11-22/h5-9,11-14,17,27-28,34,36H,3-4,10,15-16,18-19H2,1-2H3,(H,35,37)/t27-,28+/m0/s1. The van der Waals surface area contributed by atoms with Gasteiger partial charge in [-0.3, -0.25) is 4.79 Å². The molecule has 2 atom stereocenters. The number of halogens is 3. The minimum absolute atomic E-state index is 0.00669. The Morgan fingerprint density at radius 1 is 0.921 bits per heavy atom. The average molecular weight is 529 g/mol. The molecule has 0 unspecified atom stereocenters. The van der Waals surface area contributed by atoms with Gasteiger partial charge in [-0.15, -0.1) is 0 Å². The van der Waals surface area contributed by atoms with E-state index in [-0.39, 0.29) is 25.1 Å². The maximum atomic E-state index is 14.3. The van der Waals surface area contributed by atoms with Crippen LogP contribution in [-0.4, -0.2) is 36.3 Å². The van der Waals surface area contributed by atoms with Crippen LogP contribution in [0.5, 0.6) is 5.75 Å². The number of hydrogen-bond donors (Lipinski definition) is 3. The Morgan fingerprint density at radius 3 is 2.34 bits per heavy atom. The molecule has 0 spiro atoms. The summed E-state index contributed by atoms with van der Waals surface area (Å²) < 4.78 is 47.2. The zero-order valence-corrected chi connectivity index (χ0v) is 21.8. The van der Waals surface area contributed by atoms with Crippen molar-refractivity contribution in [1.82, 2.24) is 10.6 Å². The largest absolute Gasteiger partial charge is 0.491 e. The highest BCUT2D eigenvalue weighted by molar-refractivity contribution is 5.79. The Kier molecular flexibility index (Phi) is 11.2. The third-order valence-electron chi connectivity index (χ3n) is 6.09. The molecular weight excluding hydrogens is 493 g/mol. The van der Waals surface area contributed by atoms with Gasteiger partial charge in [0.05, 0.1) is 25.2 Å². The summed E-state index contributed by atoms with van der Waals surface area (Å²) in [4.78, 5) is 12.8. The molecule has 3 aromatic carbocycles. The highest BCUT2D eigenvalue weighted by Crippen LogP contribution is 2.19. The first-order valence-electron chi connectivity index (χ1n) is 12.9. The highest BCUT2D eigenvalue weighted by Gasteiger charge is 2.23. The van der Waals surface area contributed by atoms with Crippen LogP contribution < -0.4 is 15.4 Å². The average Bonchev–Trinajstić information content (AvgIpc) is 2.87. The predicted molar refractivity (Wildman–Crippen MR) is 141 cm³/mol. The number of benzene rings is 3. The fourth-order valence-electron chi connectivity index (χ4n) is 4.16. The lowest BCUT2D eigenvalue weighted by Crippen LogP contribution is -2.49. The van der Waals surface area contributed by atoms with Gasteiger partial charge in [-0.1, -0.05) is 44.2 Å². The minimum atomic E-state index is -1.05. The third kappa shape index (κ3) is 9.19. The quantitative estimate of drug-likeness (QED) is 0.279. The molecule has 0 saturated heterocycles. The van der Waals surface area contributed by atoms with Gasteiger partial charge >= 0.3 is 0 Å². The van der Waals surface area contributed by atoms with E-state index < -0.39 is 35.5 Å². The van der Waals surface area contributed by atoms with Crippen molar-refractivity contribution in [1.29, 1.82) is 0 Å². The molecule has 0 saturated carbocycles. The number of carbonyl (C=O) groups is 1. The summed E-state index contributed by atoms with van der Waals surface area (Å²) in [5, 5.41) is 16.9. The van der Waals surface area contributed by atoms with Gasteiger partial charge in [-0.05, 0) is 65.8 Å². The van der Waals surface area contributed by atoms with Crippen LogP contribution in [0.3, 0.4) is 0 Å². The summed E-state index contributed by atoms with van der Waals surface area (Å²) in [7, 11) is 0. The van der Waals surface area contributed by atoms with E-state index in [0.717, 1.165) is 24.5 Å². The molecule has 0 fully saturated rings. The third-order valence-corrected chi connectivity index (χ3v) is 6.09. The molecule has 3 aromatic rings. The molecule has 5 nitrogen and oxygen atoms in total. The molecule has 38 heavy (non-hydrogen) atoms.